The van der Waals surface area contributed by atoms with Crippen molar-refractivity contribution in [3.8, 4) is 0 Å². The predicted octanol–water partition coefficient (Wildman–Crippen LogP) is 5.67. The second-order valence-corrected chi connectivity index (χ2v) is 6.08. The number of anilines is 2. The van der Waals surface area contributed by atoms with Gasteiger partial charge < -0.3 is 10.6 Å². The second kappa shape index (κ2) is 7.07. The quantitative estimate of drug-likeness (QED) is 0.707. The molecule has 0 saturated heterocycles. The van der Waals surface area contributed by atoms with E-state index in [-0.39, 0.29) is 6.03 Å². The molecular formula is C15H14Cl2N2OS. The highest BCUT2D eigenvalue weighted by molar-refractivity contribution is 7.98. The minimum atomic E-state index is -0.326. The molecular weight excluding hydrogens is 327 g/mol. The minimum absolute atomic E-state index is 0.326. The third kappa shape index (κ3) is 4.30. The fourth-order valence-corrected chi connectivity index (χ4v) is 2.53. The van der Waals surface area contributed by atoms with Gasteiger partial charge >= 0.3 is 6.03 Å². The van der Waals surface area contributed by atoms with Gasteiger partial charge in [-0.05, 0) is 55.1 Å². The van der Waals surface area contributed by atoms with Crippen LogP contribution in [-0.2, 0) is 0 Å². The van der Waals surface area contributed by atoms with E-state index in [1.165, 1.54) is 0 Å². The molecule has 0 fully saturated rings. The van der Waals surface area contributed by atoms with E-state index in [1.807, 2.05) is 37.4 Å². The lowest BCUT2D eigenvalue weighted by Gasteiger charge is -2.11. The Morgan fingerprint density at radius 1 is 1.05 bits per heavy atom. The molecule has 2 amide bonds. The van der Waals surface area contributed by atoms with Crippen LogP contribution in [0.5, 0.6) is 0 Å². The zero-order valence-electron chi connectivity index (χ0n) is 11.5. The Hall–Kier alpha value is -1.36. The molecule has 0 atom stereocenters. The Morgan fingerprint density at radius 3 is 2.29 bits per heavy atom. The maximum atomic E-state index is 12.0. The first-order chi connectivity index (χ1) is 9.99. The van der Waals surface area contributed by atoms with Crippen molar-refractivity contribution < 1.29 is 4.79 Å². The average molecular weight is 341 g/mol. The number of hydrogen-bond donors (Lipinski definition) is 2. The first-order valence-electron chi connectivity index (χ1n) is 6.17. The molecule has 0 aliphatic carbocycles. The molecule has 3 nitrogen and oxygen atoms in total. The van der Waals surface area contributed by atoms with Crippen LogP contribution in [0.25, 0.3) is 0 Å². The molecule has 21 heavy (non-hydrogen) atoms. The fourth-order valence-electron chi connectivity index (χ4n) is 1.74. The molecule has 0 unspecified atom stereocenters. The maximum absolute atomic E-state index is 12.0. The second-order valence-electron chi connectivity index (χ2n) is 4.39. The van der Waals surface area contributed by atoms with Crippen LogP contribution in [0.4, 0.5) is 16.2 Å². The van der Waals surface area contributed by atoms with E-state index in [1.54, 1.807) is 23.9 Å². The molecule has 2 N–H and O–H groups in total. The molecule has 0 saturated carbocycles. The smallest absolute Gasteiger partial charge is 0.308 e. The minimum Gasteiger partial charge on any atom is -0.308 e. The van der Waals surface area contributed by atoms with Gasteiger partial charge in [0.2, 0.25) is 0 Å². The highest BCUT2D eigenvalue weighted by Gasteiger charge is 2.08. The summed E-state index contributed by atoms with van der Waals surface area (Å²) in [6.07, 6.45) is 2.00. The number of benzene rings is 2. The van der Waals surface area contributed by atoms with Crippen molar-refractivity contribution in [1.82, 2.24) is 0 Å². The van der Waals surface area contributed by atoms with Crippen molar-refractivity contribution >= 4 is 52.4 Å². The number of aryl methyl sites for hydroxylation is 1. The van der Waals surface area contributed by atoms with Crippen molar-refractivity contribution in [1.29, 1.82) is 0 Å². The van der Waals surface area contributed by atoms with Gasteiger partial charge in [0.25, 0.3) is 0 Å². The molecule has 0 heterocycles. The highest BCUT2D eigenvalue weighted by atomic mass is 35.5. The van der Waals surface area contributed by atoms with Crippen LogP contribution >= 0.6 is 35.0 Å². The molecule has 0 bridgehead atoms. The zero-order valence-corrected chi connectivity index (χ0v) is 13.9. The van der Waals surface area contributed by atoms with Crippen molar-refractivity contribution in [3.63, 3.8) is 0 Å². The number of hydrogen-bond acceptors (Lipinski definition) is 2. The maximum Gasteiger partial charge on any atom is 0.323 e. The summed E-state index contributed by atoms with van der Waals surface area (Å²) in [7, 11) is 0. The van der Waals surface area contributed by atoms with Gasteiger partial charge in [-0.3, -0.25) is 0 Å². The molecule has 0 spiro atoms. The molecule has 0 aromatic heterocycles. The van der Waals surface area contributed by atoms with Crippen LogP contribution in [0.3, 0.4) is 0 Å². The molecule has 0 aliphatic heterocycles. The van der Waals surface area contributed by atoms with Gasteiger partial charge in [0.05, 0.1) is 10.0 Å². The fraction of sp³-hybridized carbons (Fsp3) is 0.133. The summed E-state index contributed by atoms with van der Waals surface area (Å²) < 4.78 is 0. The normalized spacial score (nSPS) is 10.3. The highest BCUT2D eigenvalue weighted by Crippen LogP contribution is 2.28. The van der Waals surface area contributed by atoms with Gasteiger partial charge in [-0.2, -0.15) is 0 Å². The van der Waals surface area contributed by atoms with Gasteiger partial charge in [0, 0.05) is 16.3 Å². The van der Waals surface area contributed by atoms with Crippen molar-refractivity contribution in [2.24, 2.45) is 0 Å². The van der Waals surface area contributed by atoms with E-state index in [0.717, 1.165) is 16.1 Å². The molecule has 0 aliphatic rings. The number of rotatable bonds is 3. The average Bonchev–Trinajstić information content (AvgIpc) is 2.45. The third-order valence-corrected chi connectivity index (χ3v) is 4.33. The van der Waals surface area contributed by atoms with E-state index in [9.17, 15) is 4.79 Å². The van der Waals surface area contributed by atoms with Gasteiger partial charge in [-0.25, -0.2) is 4.79 Å². The number of nitrogens with one attached hydrogen (secondary N) is 2. The van der Waals surface area contributed by atoms with Crippen LogP contribution in [0.2, 0.25) is 10.0 Å². The van der Waals surface area contributed by atoms with E-state index in [2.05, 4.69) is 10.6 Å². The molecule has 0 radical (unpaired) electrons. The van der Waals surface area contributed by atoms with Gasteiger partial charge in [-0.15, -0.1) is 11.8 Å². The summed E-state index contributed by atoms with van der Waals surface area (Å²) in [5.74, 6) is 0. The lowest BCUT2D eigenvalue weighted by atomic mass is 10.2. The van der Waals surface area contributed by atoms with Gasteiger partial charge in [-0.1, -0.05) is 23.2 Å². The van der Waals surface area contributed by atoms with E-state index in [0.29, 0.717) is 15.7 Å². The van der Waals surface area contributed by atoms with Gasteiger partial charge in [0.1, 0.15) is 0 Å². The number of amides is 2. The number of halogens is 2. The zero-order chi connectivity index (χ0) is 15.4. The number of carbonyl (C=O) groups excluding carboxylic acids is 1. The van der Waals surface area contributed by atoms with Crippen LogP contribution < -0.4 is 10.6 Å². The Labute approximate surface area is 138 Å². The Balaban J connectivity index is 2.06. The standard InChI is InChI=1S/C15H14Cl2N2OS/c1-9-7-12(16)13(17)8-14(9)19-15(20)18-10-3-5-11(21-2)6-4-10/h3-8H,1-2H3,(H2,18,19,20). The van der Waals surface area contributed by atoms with E-state index >= 15 is 0 Å². The van der Waals surface area contributed by atoms with Crippen molar-refractivity contribution in [2.45, 2.75) is 11.8 Å². The number of urea groups is 1. The monoisotopic (exact) mass is 340 g/mol. The predicted molar refractivity (Wildman–Crippen MR) is 92.1 cm³/mol. The lowest BCUT2D eigenvalue weighted by Crippen LogP contribution is -2.19. The Bertz CT molecular complexity index is 659. The number of carbonyl (C=O) groups is 1. The van der Waals surface area contributed by atoms with Crippen molar-refractivity contribution in [3.05, 3.63) is 52.0 Å². The van der Waals surface area contributed by atoms with Crippen LogP contribution in [0.15, 0.2) is 41.3 Å². The SMILES string of the molecule is CSc1ccc(NC(=O)Nc2cc(Cl)c(Cl)cc2C)cc1. The third-order valence-electron chi connectivity index (χ3n) is 2.86. The summed E-state index contributed by atoms with van der Waals surface area (Å²) >= 11 is 13.5. The molecule has 2 rings (SSSR count). The Morgan fingerprint density at radius 2 is 1.67 bits per heavy atom. The summed E-state index contributed by atoms with van der Waals surface area (Å²) in [5.41, 5.74) is 2.20. The van der Waals surface area contributed by atoms with E-state index in [4.69, 9.17) is 23.2 Å². The van der Waals surface area contributed by atoms with Crippen LogP contribution in [0, 0.1) is 6.92 Å². The van der Waals surface area contributed by atoms with Gasteiger partial charge in [0.15, 0.2) is 0 Å². The number of thioether (sulfide) groups is 1. The summed E-state index contributed by atoms with van der Waals surface area (Å²) in [5, 5.41) is 6.39. The Kier molecular flexibility index (Phi) is 5.39. The molecule has 2 aromatic rings. The summed E-state index contributed by atoms with van der Waals surface area (Å²) in [4.78, 5) is 13.1. The summed E-state index contributed by atoms with van der Waals surface area (Å²) in [6.45, 7) is 1.85. The van der Waals surface area contributed by atoms with Crippen LogP contribution in [-0.4, -0.2) is 12.3 Å². The summed E-state index contributed by atoms with van der Waals surface area (Å²) in [6, 6.07) is 10.6. The molecule has 6 heteroatoms. The van der Waals surface area contributed by atoms with Crippen molar-refractivity contribution in [2.75, 3.05) is 16.9 Å². The largest absolute Gasteiger partial charge is 0.323 e. The first-order valence-corrected chi connectivity index (χ1v) is 8.15. The van der Waals surface area contributed by atoms with Crippen LogP contribution in [0.1, 0.15) is 5.56 Å². The lowest BCUT2D eigenvalue weighted by molar-refractivity contribution is 0.262. The topological polar surface area (TPSA) is 41.1 Å². The molecule has 2 aromatic carbocycles. The first kappa shape index (κ1) is 16.0. The molecule has 110 valence electrons. The van der Waals surface area contributed by atoms with E-state index < -0.39 is 0 Å².